The molecule has 102 valence electrons. The molecule has 0 spiro atoms. The molecule has 0 radical (unpaired) electrons. The van der Waals surface area contributed by atoms with Gasteiger partial charge in [-0.05, 0) is 19.9 Å². The molecule has 0 amide bonds. The van der Waals surface area contributed by atoms with Crippen molar-refractivity contribution >= 4 is 33.4 Å². The van der Waals surface area contributed by atoms with Crippen LogP contribution in [0.25, 0.3) is 0 Å². The van der Waals surface area contributed by atoms with Crippen molar-refractivity contribution < 1.29 is 19.2 Å². The van der Waals surface area contributed by atoms with E-state index in [4.69, 9.17) is 4.74 Å². The summed E-state index contributed by atoms with van der Waals surface area (Å²) in [7, 11) is 0. The van der Waals surface area contributed by atoms with Crippen LogP contribution in [-0.4, -0.2) is 28.1 Å². The van der Waals surface area contributed by atoms with Crippen molar-refractivity contribution in [3.8, 4) is 0 Å². The quantitative estimate of drug-likeness (QED) is 0.272. The molecule has 0 saturated heterocycles. The van der Waals surface area contributed by atoms with Crippen LogP contribution in [-0.2, 0) is 4.74 Å². The standard InChI is InChI=1S/C12H12BrNO5/c1-3-19-12(16)10-8(11(15)7(2)13)5-4-6-9(10)14(17)18/h4-7H,3H2,1-2H3. The minimum absolute atomic E-state index is 0.0166. The number of benzene rings is 1. The van der Waals surface area contributed by atoms with E-state index >= 15 is 0 Å². The Morgan fingerprint density at radius 2 is 2.11 bits per heavy atom. The molecule has 0 aliphatic carbocycles. The van der Waals surface area contributed by atoms with Gasteiger partial charge in [0.05, 0.1) is 16.4 Å². The van der Waals surface area contributed by atoms with Gasteiger partial charge in [0.1, 0.15) is 5.56 Å². The van der Waals surface area contributed by atoms with Gasteiger partial charge in [0.2, 0.25) is 0 Å². The molecule has 0 bridgehead atoms. The number of nitrogens with zero attached hydrogens (tertiary/aromatic N) is 1. The summed E-state index contributed by atoms with van der Waals surface area (Å²) in [4.78, 5) is 33.5. The van der Waals surface area contributed by atoms with Gasteiger partial charge in [-0.25, -0.2) is 4.79 Å². The molecule has 1 rings (SSSR count). The molecule has 19 heavy (non-hydrogen) atoms. The average molecular weight is 330 g/mol. The molecule has 7 heteroatoms. The van der Waals surface area contributed by atoms with E-state index in [2.05, 4.69) is 15.9 Å². The Bertz CT molecular complexity index is 527. The summed E-state index contributed by atoms with van der Waals surface area (Å²) in [6.07, 6.45) is 0. The van der Waals surface area contributed by atoms with Crippen molar-refractivity contribution in [2.45, 2.75) is 18.7 Å². The van der Waals surface area contributed by atoms with Gasteiger partial charge in [-0.2, -0.15) is 0 Å². The smallest absolute Gasteiger partial charge is 0.345 e. The first kappa shape index (κ1) is 15.3. The number of ketones is 1. The lowest BCUT2D eigenvalue weighted by Gasteiger charge is -2.09. The van der Waals surface area contributed by atoms with Gasteiger partial charge in [-0.15, -0.1) is 0 Å². The third kappa shape index (κ3) is 3.37. The first-order valence-electron chi connectivity index (χ1n) is 5.53. The molecule has 0 N–H and O–H groups in total. The number of rotatable bonds is 5. The lowest BCUT2D eigenvalue weighted by Crippen LogP contribution is -2.18. The molecule has 0 aliphatic heterocycles. The van der Waals surface area contributed by atoms with Crippen LogP contribution in [0.4, 0.5) is 5.69 Å². The number of esters is 1. The highest BCUT2D eigenvalue weighted by Gasteiger charge is 2.29. The number of hydrogen-bond donors (Lipinski definition) is 0. The number of ether oxygens (including phenoxy) is 1. The van der Waals surface area contributed by atoms with E-state index in [0.717, 1.165) is 0 Å². The number of hydrogen-bond acceptors (Lipinski definition) is 5. The number of nitro benzene ring substituents is 1. The normalized spacial score (nSPS) is 11.7. The van der Waals surface area contributed by atoms with Crippen LogP contribution >= 0.6 is 15.9 Å². The van der Waals surface area contributed by atoms with Crippen molar-refractivity contribution in [2.75, 3.05) is 6.61 Å². The number of carbonyl (C=O) groups excluding carboxylic acids is 2. The lowest BCUT2D eigenvalue weighted by molar-refractivity contribution is -0.385. The molecule has 0 saturated carbocycles. The SMILES string of the molecule is CCOC(=O)c1c(C(=O)C(C)Br)cccc1[N+](=O)[O-]. The first-order valence-corrected chi connectivity index (χ1v) is 6.44. The van der Waals surface area contributed by atoms with Gasteiger partial charge >= 0.3 is 5.97 Å². The third-order valence-corrected chi connectivity index (χ3v) is 2.76. The van der Waals surface area contributed by atoms with E-state index in [-0.39, 0.29) is 17.7 Å². The topological polar surface area (TPSA) is 86.5 Å². The van der Waals surface area contributed by atoms with Crippen LogP contribution in [0.15, 0.2) is 18.2 Å². The molecule has 1 atom stereocenters. The summed E-state index contributed by atoms with van der Waals surface area (Å²) in [6.45, 7) is 3.24. The fourth-order valence-electron chi connectivity index (χ4n) is 1.53. The summed E-state index contributed by atoms with van der Waals surface area (Å²) < 4.78 is 4.78. The van der Waals surface area contributed by atoms with Crippen LogP contribution in [0.2, 0.25) is 0 Å². The number of nitro groups is 1. The zero-order valence-corrected chi connectivity index (χ0v) is 12.0. The van der Waals surface area contributed by atoms with Gasteiger partial charge in [-0.3, -0.25) is 14.9 Å². The molecule has 1 unspecified atom stereocenters. The fourth-order valence-corrected chi connectivity index (χ4v) is 1.78. The molecule has 6 nitrogen and oxygen atoms in total. The van der Waals surface area contributed by atoms with Gasteiger partial charge in [0.25, 0.3) is 5.69 Å². The number of halogens is 1. The highest BCUT2D eigenvalue weighted by atomic mass is 79.9. The highest BCUT2D eigenvalue weighted by molar-refractivity contribution is 9.10. The molecule has 0 heterocycles. The van der Waals surface area contributed by atoms with E-state index in [0.29, 0.717) is 0 Å². The first-order chi connectivity index (χ1) is 8.90. The molecule has 1 aromatic rings. The van der Waals surface area contributed by atoms with E-state index in [1.807, 2.05) is 0 Å². The molecule has 0 fully saturated rings. The van der Waals surface area contributed by atoms with Crippen LogP contribution in [0.5, 0.6) is 0 Å². The average Bonchev–Trinajstić information content (AvgIpc) is 2.36. The van der Waals surface area contributed by atoms with Gasteiger partial charge in [-0.1, -0.05) is 22.0 Å². The van der Waals surface area contributed by atoms with Gasteiger partial charge < -0.3 is 4.74 Å². The molecular weight excluding hydrogens is 318 g/mol. The molecule has 0 aromatic heterocycles. The second kappa shape index (κ2) is 6.42. The summed E-state index contributed by atoms with van der Waals surface area (Å²) in [5, 5.41) is 10.9. The molecular formula is C12H12BrNO5. The number of alkyl halides is 1. The van der Waals surface area contributed by atoms with E-state index in [1.54, 1.807) is 13.8 Å². The van der Waals surface area contributed by atoms with Crippen molar-refractivity contribution in [1.29, 1.82) is 0 Å². The van der Waals surface area contributed by atoms with Crippen LogP contribution in [0.3, 0.4) is 0 Å². The minimum atomic E-state index is -0.869. The second-order valence-corrected chi connectivity index (χ2v) is 5.03. The maximum absolute atomic E-state index is 12.0. The fraction of sp³-hybridized carbons (Fsp3) is 0.333. The van der Waals surface area contributed by atoms with Gasteiger partial charge in [0.15, 0.2) is 5.78 Å². The Morgan fingerprint density at radius 1 is 1.47 bits per heavy atom. The summed E-state index contributed by atoms with van der Waals surface area (Å²) in [6, 6.07) is 3.91. The molecule has 1 aromatic carbocycles. The Kier molecular flexibility index (Phi) is 5.17. The van der Waals surface area contributed by atoms with Crippen LogP contribution < -0.4 is 0 Å². The predicted octanol–water partition coefficient (Wildman–Crippen LogP) is 2.74. The Hall–Kier alpha value is -1.76. The van der Waals surface area contributed by atoms with Crippen molar-refractivity contribution in [1.82, 2.24) is 0 Å². The van der Waals surface area contributed by atoms with E-state index in [1.165, 1.54) is 18.2 Å². The van der Waals surface area contributed by atoms with Crippen molar-refractivity contribution in [3.05, 3.63) is 39.4 Å². The van der Waals surface area contributed by atoms with Gasteiger partial charge in [0, 0.05) is 11.6 Å². The maximum Gasteiger partial charge on any atom is 0.345 e. The maximum atomic E-state index is 12.0. The third-order valence-electron chi connectivity index (χ3n) is 2.35. The van der Waals surface area contributed by atoms with E-state index in [9.17, 15) is 19.7 Å². The zero-order valence-electron chi connectivity index (χ0n) is 10.4. The minimum Gasteiger partial charge on any atom is -0.462 e. The number of carbonyl (C=O) groups is 2. The monoisotopic (exact) mass is 329 g/mol. The van der Waals surface area contributed by atoms with Crippen LogP contribution in [0, 0.1) is 10.1 Å². The lowest BCUT2D eigenvalue weighted by atomic mass is 10.0. The predicted molar refractivity (Wildman–Crippen MR) is 71.8 cm³/mol. The number of Topliss-reactive ketones (excluding diaryl/α,β-unsaturated/α-hetero) is 1. The van der Waals surface area contributed by atoms with Crippen molar-refractivity contribution in [3.63, 3.8) is 0 Å². The summed E-state index contributed by atoms with van der Waals surface area (Å²) >= 11 is 3.09. The highest BCUT2D eigenvalue weighted by Crippen LogP contribution is 2.25. The molecule has 0 aliphatic rings. The summed E-state index contributed by atoms with van der Waals surface area (Å²) in [5.41, 5.74) is -0.750. The zero-order chi connectivity index (χ0) is 14.6. The van der Waals surface area contributed by atoms with Crippen molar-refractivity contribution in [2.24, 2.45) is 0 Å². The van der Waals surface area contributed by atoms with E-state index < -0.39 is 27.2 Å². The Balaban J connectivity index is 3.46. The second-order valence-electron chi connectivity index (χ2n) is 3.66. The van der Waals surface area contributed by atoms with Crippen LogP contribution in [0.1, 0.15) is 34.6 Å². The largest absolute Gasteiger partial charge is 0.462 e. The summed E-state index contributed by atoms with van der Waals surface area (Å²) in [5.74, 6) is -1.28. The Morgan fingerprint density at radius 3 is 2.58 bits per heavy atom. The Labute approximate surface area is 118 Å².